The number of rotatable bonds is 7. The van der Waals surface area contributed by atoms with Crippen LogP contribution in [-0.4, -0.2) is 61.6 Å². The van der Waals surface area contributed by atoms with Crippen LogP contribution in [-0.2, 0) is 17.8 Å². The largest absolute Gasteiger partial charge is 0.493 e. The summed E-state index contributed by atoms with van der Waals surface area (Å²) in [5.74, 6) is 0.949. The maximum atomic E-state index is 12.3. The molecule has 2 aromatic rings. The molecule has 1 saturated heterocycles. The van der Waals surface area contributed by atoms with Gasteiger partial charge in [0.15, 0.2) is 0 Å². The summed E-state index contributed by atoms with van der Waals surface area (Å²) in [6.07, 6.45) is 0.980. The van der Waals surface area contributed by atoms with Gasteiger partial charge in [0.25, 0.3) is 0 Å². The van der Waals surface area contributed by atoms with Crippen LogP contribution in [0.4, 0.5) is 14.5 Å². The number of benzene rings is 2. The van der Waals surface area contributed by atoms with Gasteiger partial charge < -0.3 is 14.8 Å². The number of anilines is 1. The van der Waals surface area contributed by atoms with Gasteiger partial charge in [-0.2, -0.15) is 8.78 Å². The zero-order valence-electron chi connectivity index (χ0n) is 16.7. The second-order valence-corrected chi connectivity index (χ2v) is 7.54. The number of hydrogen-bond acceptors (Lipinski definition) is 5. The molecule has 0 atom stereocenters. The number of carbonyl (C=O) groups is 1. The smallest absolute Gasteiger partial charge is 0.387 e. The molecule has 8 heteroatoms. The highest BCUT2D eigenvalue weighted by Crippen LogP contribution is 2.26. The number of carbonyl (C=O) groups excluding carboxylic acids is 1. The Balaban J connectivity index is 1.20. The van der Waals surface area contributed by atoms with E-state index >= 15 is 0 Å². The summed E-state index contributed by atoms with van der Waals surface area (Å²) < 4.78 is 34.2. The van der Waals surface area contributed by atoms with Crippen LogP contribution in [0, 0.1) is 0 Å². The van der Waals surface area contributed by atoms with Crippen molar-refractivity contribution in [2.75, 3.05) is 44.6 Å². The maximum Gasteiger partial charge on any atom is 0.387 e. The zero-order chi connectivity index (χ0) is 20.9. The normalized spacial score (nSPS) is 16.9. The zero-order valence-corrected chi connectivity index (χ0v) is 16.7. The molecule has 0 bridgehead atoms. The number of piperazine rings is 1. The van der Waals surface area contributed by atoms with Gasteiger partial charge in [0, 0.05) is 44.8 Å². The average Bonchev–Trinajstić information content (AvgIpc) is 3.18. The molecule has 0 spiro atoms. The lowest BCUT2D eigenvalue weighted by atomic mass is 10.1. The van der Waals surface area contributed by atoms with E-state index in [9.17, 15) is 13.6 Å². The summed E-state index contributed by atoms with van der Waals surface area (Å²) in [6.45, 7) is 2.57. The molecule has 0 aliphatic carbocycles. The maximum absolute atomic E-state index is 12.3. The Bertz CT molecular complexity index is 868. The Kier molecular flexibility index (Phi) is 6.44. The molecule has 0 aromatic heterocycles. The highest BCUT2D eigenvalue weighted by atomic mass is 19.3. The second kappa shape index (κ2) is 9.40. The fourth-order valence-corrected chi connectivity index (χ4v) is 3.83. The first kappa shape index (κ1) is 20.6. The van der Waals surface area contributed by atoms with E-state index in [-0.39, 0.29) is 11.7 Å². The van der Waals surface area contributed by atoms with Gasteiger partial charge in [-0.3, -0.25) is 14.6 Å². The van der Waals surface area contributed by atoms with E-state index in [2.05, 4.69) is 38.1 Å². The predicted octanol–water partition coefficient (Wildman–Crippen LogP) is 2.98. The molecule has 0 saturated carbocycles. The Morgan fingerprint density at radius 1 is 1.07 bits per heavy atom. The van der Waals surface area contributed by atoms with Gasteiger partial charge in [-0.1, -0.05) is 12.1 Å². The number of nitrogens with zero attached hydrogens (tertiary/aromatic N) is 2. The molecule has 2 aliphatic rings. The summed E-state index contributed by atoms with van der Waals surface area (Å²) in [4.78, 5) is 16.8. The summed E-state index contributed by atoms with van der Waals surface area (Å²) in [6, 6.07) is 12.3. The molecule has 2 aromatic carbocycles. The summed E-state index contributed by atoms with van der Waals surface area (Å²) in [5.41, 5.74) is 3.14. The van der Waals surface area contributed by atoms with E-state index in [1.165, 1.54) is 23.3 Å². The molecule has 1 amide bonds. The number of halogens is 2. The number of ether oxygens (including phenoxy) is 2. The topological polar surface area (TPSA) is 54.0 Å². The van der Waals surface area contributed by atoms with Gasteiger partial charge in [0.2, 0.25) is 5.91 Å². The van der Waals surface area contributed by atoms with Crippen molar-refractivity contribution in [3.63, 3.8) is 0 Å². The minimum atomic E-state index is -2.86. The van der Waals surface area contributed by atoms with Crippen molar-refractivity contribution in [3.8, 4) is 11.5 Å². The number of nitrogens with one attached hydrogen (secondary N) is 1. The lowest BCUT2D eigenvalue weighted by Crippen LogP contribution is -2.48. The summed E-state index contributed by atoms with van der Waals surface area (Å²) in [7, 11) is 0. The Labute approximate surface area is 174 Å². The third kappa shape index (κ3) is 5.46. The van der Waals surface area contributed by atoms with E-state index < -0.39 is 6.61 Å². The molecule has 6 nitrogen and oxygen atoms in total. The molecule has 4 rings (SSSR count). The average molecular weight is 417 g/mol. The molecule has 0 unspecified atom stereocenters. The Hall–Kier alpha value is -2.71. The third-order valence-corrected chi connectivity index (χ3v) is 5.36. The van der Waals surface area contributed by atoms with Crippen molar-refractivity contribution in [2.45, 2.75) is 19.6 Å². The van der Waals surface area contributed by atoms with Crippen LogP contribution in [0.5, 0.6) is 11.5 Å². The van der Waals surface area contributed by atoms with Crippen LogP contribution in [0.2, 0.25) is 0 Å². The second-order valence-electron chi connectivity index (χ2n) is 7.54. The van der Waals surface area contributed by atoms with Gasteiger partial charge >= 0.3 is 6.61 Å². The monoisotopic (exact) mass is 417 g/mol. The van der Waals surface area contributed by atoms with E-state index in [4.69, 9.17) is 4.74 Å². The van der Waals surface area contributed by atoms with Crippen LogP contribution >= 0.6 is 0 Å². The van der Waals surface area contributed by atoms with E-state index in [0.717, 1.165) is 51.5 Å². The van der Waals surface area contributed by atoms with Gasteiger partial charge in [-0.15, -0.1) is 0 Å². The molecule has 1 N–H and O–H groups in total. The first-order valence-electron chi connectivity index (χ1n) is 10.1. The predicted molar refractivity (Wildman–Crippen MR) is 109 cm³/mol. The summed E-state index contributed by atoms with van der Waals surface area (Å²) >= 11 is 0. The molecular formula is C22H25F2N3O3. The number of hydrogen-bond donors (Lipinski definition) is 1. The first-order chi connectivity index (χ1) is 14.5. The molecule has 30 heavy (non-hydrogen) atoms. The van der Waals surface area contributed by atoms with E-state index in [1.54, 1.807) is 12.1 Å². The summed E-state index contributed by atoms with van der Waals surface area (Å²) in [5, 5.41) is 2.80. The lowest BCUT2D eigenvalue weighted by Gasteiger charge is -2.34. The van der Waals surface area contributed by atoms with Gasteiger partial charge in [-0.05, 0) is 41.5 Å². The van der Waals surface area contributed by atoms with Crippen molar-refractivity contribution in [2.24, 2.45) is 0 Å². The molecule has 2 heterocycles. The first-order valence-corrected chi connectivity index (χ1v) is 10.1. The van der Waals surface area contributed by atoms with Crippen molar-refractivity contribution in [1.82, 2.24) is 9.80 Å². The number of fused-ring (bicyclic) bond motifs is 1. The van der Waals surface area contributed by atoms with Crippen molar-refractivity contribution in [1.29, 1.82) is 0 Å². The van der Waals surface area contributed by atoms with Crippen LogP contribution in [0.3, 0.4) is 0 Å². The Morgan fingerprint density at radius 3 is 2.53 bits per heavy atom. The molecule has 160 valence electrons. The lowest BCUT2D eigenvalue weighted by molar-refractivity contribution is -0.117. The van der Waals surface area contributed by atoms with Crippen LogP contribution in [0.15, 0.2) is 42.5 Å². The highest BCUT2D eigenvalue weighted by Gasteiger charge is 2.20. The highest BCUT2D eigenvalue weighted by molar-refractivity contribution is 5.92. The van der Waals surface area contributed by atoms with Gasteiger partial charge in [-0.25, -0.2) is 0 Å². The van der Waals surface area contributed by atoms with Crippen molar-refractivity contribution in [3.05, 3.63) is 53.6 Å². The number of amides is 1. The quantitative estimate of drug-likeness (QED) is 0.751. The standard InChI is InChI=1S/C22H25F2N3O3/c23-22(24)30-19-4-2-18(3-5-19)25-21(28)15-27-10-8-26(9-11-27)14-16-1-6-20-17(13-16)7-12-29-20/h1-6,13,22H,7-12,14-15H2,(H,25,28). The minimum Gasteiger partial charge on any atom is -0.493 e. The number of alkyl halides is 2. The van der Waals surface area contributed by atoms with Crippen LogP contribution in [0.25, 0.3) is 0 Å². The fourth-order valence-electron chi connectivity index (χ4n) is 3.83. The minimum absolute atomic E-state index is 0.0648. The Morgan fingerprint density at radius 2 is 1.80 bits per heavy atom. The van der Waals surface area contributed by atoms with Gasteiger partial charge in [0.1, 0.15) is 11.5 Å². The molecular weight excluding hydrogens is 392 g/mol. The third-order valence-electron chi connectivity index (χ3n) is 5.36. The molecule has 1 fully saturated rings. The van der Waals surface area contributed by atoms with Crippen LogP contribution in [0.1, 0.15) is 11.1 Å². The molecule has 2 aliphatic heterocycles. The van der Waals surface area contributed by atoms with E-state index in [0.29, 0.717) is 12.2 Å². The van der Waals surface area contributed by atoms with E-state index in [1.807, 2.05) is 0 Å². The van der Waals surface area contributed by atoms with Crippen LogP contribution < -0.4 is 14.8 Å². The van der Waals surface area contributed by atoms with Crippen molar-refractivity contribution < 1.29 is 23.0 Å². The SMILES string of the molecule is O=C(CN1CCN(Cc2ccc3c(c2)CCO3)CC1)Nc1ccc(OC(F)F)cc1. The molecule has 0 radical (unpaired) electrons. The fraction of sp³-hybridized carbons (Fsp3) is 0.409. The van der Waals surface area contributed by atoms with Gasteiger partial charge in [0.05, 0.1) is 13.2 Å². The van der Waals surface area contributed by atoms with Crippen molar-refractivity contribution >= 4 is 11.6 Å².